The van der Waals surface area contributed by atoms with Crippen molar-refractivity contribution in [2.45, 2.75) is 26.9 Å². The maximum Gasteiger partial charge on any atom is 0.263 e. The second-order valence-corrected chi connectivity index (χ2v) is 5.48. The van der Waals surface area contributed by atoms with Gasteiger partial charge in [-0.2, -0.15) is 0 Å². The molecule has 2 amide bonds. The molecule has 0 aliphatic carbocycles. The predicted octanol–water partition coefficient (Wildman–Crippen LogP) is 1.59. The van der Waals surface area contributed by atoms with E-state index in [9.17, 15) is 14.4 Å². The van der Waals surface area contributed by atoms with Crippen LogP contribution in [0.2, 0.25) is 0 Å². The average molecular weight is 320 g/mol. The van der Waals surface area contributed by atoms with Crippen molar-refractivity contribution in [3.8, 4) is 5.75 Å². The number of benzene rings is 1. The van der Waals surface area contributed by atoms with E-state index >= 15 is 0 Å². The third-order valence-corrected chi connectivity index (χ3v) is 3.42. The highest BCUT2D eigenvalue weighted by Gasteiger charge is 2.23. The normalized spacial score (nSPS) is 11.5. The fraction of sp³-hybridized carbons (Fsp3) is 0.471. The number of rotatable bonds is 7. The third kappa shape index (κ3) is 5.39. The Labute approximate surface area is 137 Å². The van der Waals surface area contributed by atoms with E-state index in [2.05, 4.69) is 0 Å². The minimum Gasteiger partial charge on any atom is -0.481 e. The fourth-order valence-electron chi connectivity index (χ4n) is 1.95. The van der Waals surface area contributed by atoms with Crippen molar-refractivity contribution < 1.29 is 19.1 Å². The SMILES string of the molecule is CCN(CC(=O)N(C)C)C(=O)[C@H](C)Oc1cccc(C(C)=O)c1. The van der Waals surface area contributed by atoms with Gasteiger partial charge < -0.3 is 14.5 Å². The van der Waals surface area contributed by atoms with Crippen LogP contribution in [0.1, 0.15) is 31.1 Å². The van der Waals surface area contributed by atoms with Crippen molar-refractivity contribution >= 4 is 17.6 Å². The smallest absolute Gasteiger partial charge is 0.263 e. The quantitative estimate of drug-likeness (QED) is 0.716. The number of ether oxygens (including phenoxy) is 1. The molecule has 23 heavy (non-hydrogen) atoms. The fourth-order valence-corrected chi connectivity index (χ4v) is 1.95. The molecule has 0 saturated heterocycles. The van der Waals surface area contributed by atoms with Gasteiger partial charge in [0.25, 0.3) is 5.91 Å². The second-order valence-electron chi connectivity index (χ2n) is 5.48. The number of amides is 2. The zero-order valence-corrected chi connectivity index (χ0v) is 14.3. The Hall–Kier alpha value is -2.37. The molecule has 6 heteroatoms. The number of carbonyl (C=O) groups is 3. The van der Waals surface area contributed by atoms with Crippen LogP contribution in [0.3, 0.4) is 0 Å². The largest absolute Gasteiger partial charge is 0.481 e. The molecule has 0 aromatic heterocycles. The van der Waals surface area contributed by atoms with E-state index < -0.39 is 6.10 Å². The third-order valence-electron chi connectivity index (χ3n) is 3.42. The number of ketones is 1. The molecule has 0 heterocycles. The lowest BCUT2D eigenvalue weighted by molar-refractivity contribution is -0.143. The Morgan fingerprint density at radius 3 is 2.39 bits per heavy atom. The molecule has 1 aromatic carbocycles. The summed E-state index contributed by atoms with van der Waals surface area (Å²) in [6, 6.07) is 6.69. The van der Waals surface area contributed by atoms with Crippen molar-refractivity contribution in [2.75, 3.05) is 27.2 Å². The van der Waals surface area contributed by atoms with Gasteiger partial charge in [-0.05, 0) is 32.9 Å². The van der Waals surface area contributed by atoms with Crippen LogP contribution in [0.4, 0.5) is 0 Å². The first-order valence-electron chi connectivity index (χ1n) is 7.52. The lowest BCUT2D eigenvalue weighted by Crippen LogP contribution is -2.45. The molecule has 0 fully saturated rings. The molecule has 0 aliphatic rings. The van der Waals surface area contributed by atoms with E-state index in [0.29, 0.717) is 17.9 Å². The van der Waals surface area contributed by atoms with Crippen LogP contribution in [0, 0.1) is 0 Å². The first-order valence-corrected chi connectivity index (χ1v) is 7.52. The molecule has 6 nitrogen and oxygen atoms in total. The van der Waals surface area contributed by atoms with Crippen LogP contribution >= 0.6 is 0 Å². The number of hydrogen-bond acceptors (Lipinski definition) is 4. The number of likely N-dealkylation sites (N-methyl/N-ethyl adjacent to an activating group) is 2. The van der Waals surface area contributed by atoms with Crippen LogP contribution in [0.5, 0.6) is 5.75 Å². The molecule has 126 valence electrons. The summed E-state index contributed by atoms with van der Waals surface area (Å²) in [5, 5.41) is 0. The molecule has 0 bridgehead atoms. The highest BCUT2D eigenvalue weighted by atomic mass is 16.5. The zero-order chi connectivity index (χ0) is 17.6. The monoisotopic (exact) mass is 320 g/mol. The minimum absolute atomic E-state index is 0.0174. The van der Waals surface area contributed by atoms with Crippen molar-refractivity contribution in [1.29, 1.82) is 0 Å². The first-order chi connectivity index (χ1) is 10.8. The van der Waals surface area contributed by atoms with Gasteiger partial charge >= 0.3 is 0 Å². The highest BCUT2D eigenvalue weighted by molar-refractivity contribution is 5.94. The van der Waals surface area contributed by atoms with Gasteiger partial charge in [0.15, 0.2) is 11.9 Å². The van der Waals surface area contributed by atoms with Gasteiger partial charge in [0.2, 0.25) is 5.91 Å². The maximum atomic E-state index is 12.4. The molecule has 0 spiro atoms. The molecule has 1 rings (SSSR count). The Morgan fingerprint density at radius 2 is 1.87 bits per heavy atom. The van der Waals surface area contributed by atoms with E-state index in [1.165, 1.54) is 16.7 Å². The molecule has 0 radical (unpaired) electrons. The van der Waals surface area contributed by atoms with E-state index in [-0.39, 0.29) is 24.1 Å². The summed E-state index contributed by atoms with van der Waals surface area (Å²) in [7, 11) is 3.29. The summed E-state index contributed by atoms with van der Waals surface area (Å²) in [4.78, 5) is 38.5. The molecular weight excluding hydrogens is 296 g/mol. The maximum absolute atomic E-state index is 12.4. The Bertz CT molecular complexity index is 584. The molecule has 0 unspecified atom stereocenters. The van der Waals surface area contributed by atoms with E-state index in [1.807, 2.05) is 6.92 Å². The van der Waals surface area contributed by atoms with Gasteiger partial charge in [-0.3, -0.25) is 14.4 Å². The van der Waals surface area contributed by atoms with Crippen LogP contribution in [0.25, 0.3) is 0 Å². The summed E-state index contributed by atoms with van der Waals surface area (Å²) in [6.07, 6.45) is -0.743. The summed E-state index contributed by atoms with van der Waals surface area (Å²) < 4.78 is 5.62. The lowest BCUT2D eigenvalue weighted by Gasteiger charge is -2.25. The number of hydrogen-bond donors (Lipinski definition) is 0. The van der Waals surface area contributed by atoms with Crippen molar-refractivity contribution in [3.05, 3.63) is 29.8 Å². The average Bonchev–Trinajstić information content (AvgIpc) is 2.51. The molecule has 0 N–H and O–H groups in total. The predicted molar refractivity (Wildman–Crippen MR) is 87.5 cm³/mol. The Kier molecular flexibility index (Phi) is 6.75. The van der Waals surface area contributed by atoms with E-state index in [0.717, 1.165) is 0 Å². The molecule has 0 saturated carbocycles. The van der Waals surface area contributed by atoms with Gasteiger partial charge in [0.1, 0.15) is 5.75 Å². The zero-order valence-electron chi connectivity index (χ0n) is 14.3. The standard InChI is InChI=1S/C17H24N2O4/c1-6-19(11-16(21)18(4)5)17(22)13(3)23-15-9-7-8-14(10-15)12(2)20/h7-10,13H,6,11H2,1-5H3/t13-/m0/s1. The molecule has 1 aromatic rings. The number of nitrogens with zero attached hydrogens (tertiary/aromatic N) is 2. The lowest BCUT2D eigenvalue weighted by atomic mass is 10.1. The minimum atomic E-state index is -0.743. The molecule has 1 atom stereocenters. The van der Waals surface area contributed by atoms with Gasteiger partial charge in [-0.25, -0.2) is 0 Å². The van der Waals surface area contributed by atoms with E-state index in [4.69, 9.17) is 4.74 Å². The van der Waals surface area contributed by atoms with Crippen LogP contribution < -0.4 is 4.74 Å². The summed E-state index contributed by atoms with van der Waals surface area (Å²) in [5.74, 6) is -0.0309. The second kappa shape index (κ2) is 8.31. The Balaban J connectivity index is 2.77. The summed E-state index contributed by atoms with van der Waals surface area (Å²) in [5.41, 5.74) is 0.525. The molecule has 0 aliphatic heterocycles. The van der Waals surface area contributed by atoms with Crippen molar-refractivity contribution in [2.24, 2.45) is 0 Å². The first kappa shape index (κ1) is 18.7. The van der Waals surface area contributed by atoms with Crippen LogP contribution in [0.15, 0.2) is 24.3 Å². The van der Waals surface area contributed by atoms with Crippen LogP contribution in [-0.2, 0) is 9.59 Å². The topological polar surface area (TPSA) is 66.9 Å². The summed E-state index contributed by atoms with van der Waals surface area (Å²) >= 11 is 0. The van der Waals surface area contributed by atoms with E-state index in [1.54, 1.807) is 45.3 Å². The Morgan fingerprint density at radius 1 is 1.22 bits per heavy atom. The molecular formula is C17H24N2O4. The van der Waals surface area contributed by atoms with Crippen molar-refractivity contribution in [3.63, 3.8) is 0 Å². The summed E-state index contributed by atoms with van der Waals surface area (Å²) in [6.45, 7) is 5.35. The van der Waals surface area contributed by atoms with Gasteiger partial charge in [0.05, 0.1) is 6.54 Å². The number of Topliss-reactive ketones (excluding diaryl/α,β-unsaturated/α-hetero) is 1. The van der Waals surface area contributed by atoms with Gasteiger partial charge in [-0.1, -0.05) is 12.1 Å². The van der Waals surface area contributed by atoms with Crippen molar-refractivity contribution in [1.82, 2.24) is 9.80 Å². The number of carbonyl (C=O) groups excluding carboxylic acids is 3. The van der Waals surface area contributed by atoms with Crippen LogP contribution in [-0.4, -0.2) is 60.7 Å². The van der Waals surface area contributed by atoms with Gasteiger partial charge in [-0.15, -0.1) is 0 Å². The highest BCUT2D eigenvalue weighted by Crippen LogP contribution is 2.16. The van der Waals surface area contributed by atoms with Gasteiger partial charge in [0, 0.05) is 26.2 Å².